The van der Waals surface area contributed by atoms with Gasteiger partial charge in [-0.2, -0.15) is 0 Å². The zero-order valence-electron chi connectivity index (χ0n) is 14.1. The number of aromatic nitrogens is 2. The van der Waals surface area contributed by atoms with Gasteiger partial charge in [-0.25, -0.2) is 4.98 Å². The third-order valence-corrected chi connectivity index (χ3v) is 4.59. The molecule has 1 fully saturated rings. The highest BCUT2D eigenvalue weighted by molar-refractivity contribution is 5.91. The Balaban J connectivity index is 2.07. The Morgan fingerprint density at radius 1 is 1.18 bits per heavy atom. The molecular formula is C16H27N5O. The molecule has 0 bridgehead atoms. The maximum absolute atomic E-state index is 12.0. The van der Waals surface area contributed by atoms with E-state index in [-0.39, 0.29) is 11.4 Å². The lowest BCUT2D eigenvalue weighted by molar-refractivity contribution is 0.0821. The highest BCUT2D eigenvalue weighted by atomic mass is 16.2. The van der Waals surface area contributed by atoms with Gasteiger partial charge >= 0.3 is 0 Å². The van der Waals surface area contributed by atoms with Gasteiger partial charge in [0.25, 0.3) is 5.91 Å². The summed E-state index contributed by atoms with van der Waals surface area (Å²) in [4.78, 5) is 24.3. The number of rotatable bonds is 5. The molecule has 6 nitrogen and oxygen atoms in total. The van der Waals surface area contributed by atoms with Crippen LogP contribution in [0.15, 0.2) is 12.4 Å². The van der Waals surface area contributed by atoms with Gasteiger partial charge in [-0.3, -0.25) is 9.78 Å². The second-order valence-corrected chi connectivity index (χ2v) is 6.52. The summed E-state index contributed by atoms with van der Waals surface area (Å²) < 4.78 is 0. The summed E-state index contributed by atoms with van der Waals surface area (Å²) >= 11 is 0. The van der Waals surface area contributed by atoms with E-state index in [9.17, 15) is 4.79 Å². The summed E-state index contributed by atoms with van der Waals surface area (Å²) in [7, 11) is 7.72. The minimum Gasteiger partial charge on any atom is -0.367 e. The van der Waals surface area contributed by atoms with Crippen molar-refractivity contribution in [1.82, 2.24) is 19.8 Å². The number of anilines is 1. The lowest BCUT2D eigenvalue weighted by atomic mass is 9.80. The van der Waals surface area contributed by atoms with Crippen LogP contribution in [0, 0.1) is 0 Å². The third-order valence-electron chi connectivity index (χ3n) is 4.59. The second kappa shape index (κ2) is 7.05. The molecule has 122 valence electrons. The van der Waals surface area contributed by atoms with Gasteiger partial charge in [0.05, 0.1) is 12.4 Å². The molecule has 0 saturated heterocycles. The third kappa shape index (κ3) is 3.74. The average Bonchev–Trinajstić information content (AvgIpc) is 2.53. The van der Waals surface area contributed by atoms with Crippen molar-refractivity contribution in [2.45, 2.75) is 37.6 Å². The highest BCUT2D eigenvalue weighted by Crippen LogP contribution is 2.32. The Morgan fingerprint density at radius 3 is 2.45 bits per heavy atom. The summed E-state index contributed by atoms with van der Waals surface area (Å²) in [5.74, 6) is 0.538. The van der Waals surface area contributed by atoms with Gasteiger partial charge in [0.2, 0.25) is 0 Å². The molecule has 1 aromatic heterocycles. The fraction of sp³-hybridized carbons (Fsp3) is 0.688. The number of hydrogen-bond donors (Lipinski definition) is 1. The lowest BCUT2D eigenvalue weighted by Gasteiger charge is -2.43. The summed E-state index contributed by atoms with van der Waals surface area (Å²) in [6, 6.07) is 0. The molecule has 2 rings (SSSR count). The van der Waals surface area contributed by atoms with Crippen LogP contribution in [-0.2, 0) is 0 Å². The number of likely N-dealkylation sites (N-methyl/N-ethyl adjacent to an activating group) is 1. The first kappa shape index (κ1) is 16.7. The molecule has 1 aliphatic rings. The maximum Gasteiger partial charge on any atom is 0.273 e. The van der Waals surface area contributed by atoms with Crippen molar-refractivity contribution in [1.29, 1.82) is 0 Å². The van der Waals surface area contributed by atoms with Crippen molar-refractivity contribution in [3.05, 3.63) is 18.1 Å². The standard InChI is InChI=1S/C16H27N5O/c1-20(2)15(22)13-10-17-11-14(19-13)18-12-16(21(3)4)8-6-5-7-9-16/h10-11H,5-9,12H2,1-4H3,(H,18,19). The molecule has 0 aromatic carbocycles. The van der Waals surface area contributed by atoms with E-state index >= 15 is 0 Å². The van der Waals surface area contributed by atoms with Gasteiger partial charge in [-0.1, -0.05) is 19.3 Å². The van der Waals surface area contributed by atoms with Crippen molar-refractivity contribution < 1.29 is 4.79 Å². The molecule has 1 aliphatic carbocycles. The first-order valence-corrected chi connectivity index (χ1v) is 7.90. The van der Waals surface area contributed by atoms with E-state index in [0.717, 1.165) is 6.54 Å². The maximum atomic E-state index is 12.0. The molecule has 1 amide bonds. The van der Waals surface area contributed by atoms with Gasteiger partial charge in [0.15, 0.2) is 0 Å². The Bertz CT molecular complexity index is 509. The van der Waals surface area contributed by atoms with E-state index in [0.29, 0.717) is 11.5 Å². The van der Waals surface area contributed by atoms with Crippen LogP contribution in [0.1, 0.15) is 42.6 Å². The second-order valence-electron chi connectivity index (χ2n) is 6.52. The number of nitrogens with zero attached hydrogens (tertiary/aromatic N) is 4. The number of hydrogen-bond acceptors (Lipinski definition) is 5. The fourth-order valence-electron chi connectivity index (χ4n) is 3.03. The number of carbonyl (C=O) groups excluding carboxylic acids is 1. The van der Waals surface area contributed by atoms with Crippen molar-refractivity contribution in [3.63, 3.8) is 0 Å². The van der Waals surface area contributed by atoms with Crippen molar-refractivity contribution in [2.24, 2.45) is 0 Å². The smallest absolute Gasteiger partial charge is 0.273 e. The summed E-state index contributed by atoms with van der Waals surface area (Å²) in [5, 5.41) is 3.38. The molecule has 0 unspecified atom stereocenters. The van der Waals surface area contributed by atoms with Crippen LogP contribution >= 0.6 is 0 Å². The first-order chi connectivity index (χ1) is 10.4. The topological polar surface area (TPSA) is 61.4 Å². The van der Waals surface area contributed by atoms with E-state index < -0.39 is 0 Å². The van der Waals surface area contributed by atoms with Crippen LogP contribution in [0.5, 0.6) is 0 Å². The molecule has 0 spiro atoms. The fourth-order valence-corrected chi connectivity index (χ4v) is 3.03. The van der Waals surface area contributed by atoms with E-state index in [1.807, 2.05) is 0 Å². The normalized spacial score (nSPS) is 17.3. The predicted octanol–water partition coefficient (Wildman–Crippen LogP) is 1.85. The Hall–Kier alpha value is -1.69. The van der Waals surface area contributed by atoms with Crippen molar-refractivity contribution in [2.75, 3.05) is 40.1 Å². The van der Waals surface area contributed by atoms with E-state index in [2.05, 4.69) is 34.3 Å². The van der Waals surface area contributed by atoms with Crippen LogP contribution in [0.3, 0.4) is 0 Å². The van der Waals surface area contributed by atoms with Crippen LogP contribution < -0.4 is 5.32 Å². The van der Waals surface area contributed by atoms with E-state index in [1.54, 1.807) is 20.3 Å². The van der Waals surface area contributed by atoms with Gasteiger partial charge in [-0.05, 0) is 26.9 Å². The molecular weight excluding hydrogens is 278 g/mol. The van der Waals surface area contributed by atoms with Gasteiger partial charge in [-0.15, -0.1) is 0 Å². The molecule has 0 aliphatic heterocycles. The molecule has 6 heteroatoms. The molecule has 22 heavy (non-hydrogen) atoms. The SMILES string of the molecule is CN(C)C(=O)c1cncc(NCC2(N(C)C)CCCCC2)n1. The van der Waals surface area contributed by atoms with Crippen LogP contribution in [0.2, 0.25) is 0 Å². The number of carbonyl (C=O) groups is 1. The van der Waals surface area contributed by atoms with Gasteiger partial charge in [0.1, 0.15) is 11.5 Å². The summed E-state index contributed by atoms with van der Waals surface area (Å²) in [6.45, 7) is 0.828. The number of nitrogens with one attached hydrogen (secondary N) is 1. The molecule has 1 N–H and O–H groups in total. The van der Waals surface area contributed by atoms with E-state index in [1.165, 1.54) is 43.2 Å². The Morgan fingerprint density at radius 2 is 1.86 bits per heavy atom. The zero-order valence-corrected chi connectivity index (χ0v) is 14.1. The van der Waals surface area contributed by atoms with Crippen LogP contribution in [0.4, 0.5) is 5.82 Å². The zero-order chi connectivity index (χ0) is 16.2. The van der Waals surface area contributed by atoms with Gasteiger partial charge in [0, 0.05) is 26.2 Å². The molecule has 1 saturated carbocycles. The Kier molecular flexibility index (Phi) is 5.34. The first-order valence-electron chi connectivity index (χ1n) is 7.90. The minimum absolute atomic E-state index is 0.129. The Labute approximate surface area is 132 Å². The average molecular weight is 305 g/mol. The predicted molar refractivity (Wildman–Crippen MR) is 88.0 cm³/mol. The largest absolute Gasteiger partial charge is 0.367 e. The quantitative estimate of drug-likeness (QED) is 0.899. The number of amides is 1. The molecule has 1 aromatic rings. The summed E-state index contributed by atoms with van der Waals surface area (Å²) in [6.07, 6.45) is 9.43. The monoisotopic (exact) mass is 305 g/mol. The highest BCUT2D eigenvalue weighted by Gasteiger charge is 2.34. The van der Waals surface area contributed by atoms with Crippen LogP contribution in [0.25, 0.3) is 0 Å². The molecule has 0 radical (unpaired) electrons. The minimum atomic E-state index is -0.129. The van der Waals surface area contributed by atoms with Crippen molar-refractivity contribution in [3.8, 4) is 0 Å². The summed E-state index contributed by atoms with van der Waals surface area (Å²) in [5.41, 5.74) is 0.541. The van der Waals surface area contributed by atoms with Crippen molar-refractivity contribution >= 4 is 11.7 Å². The lowest BCUT2D eigenvalue weighted by Crippen LogP contribution is -2.51. The van der Waals surface area contributed by atoms with E-state index in [4.69, 9.17) is 0 Å². The molecule has 1 heterocycles. The van der Waals surface area contributed by atoms with Crippen LogP contribution in [-0.4, -0.2) is 65.9 Å². The molecule has 0 atom stereocenters. The van der Waals surface area contributed by atoms with Gasteiger partial charge < -0.3 is 15.1 Å².